The van der Waals surface area contributed by atoms with Gasteiger partial charge in [0.2, 0.25) is 5.69 Å². The Morgan fingerprint density at radius 1 is 1.42 bits per heavy atom. The van der Waals surface area contributed by atoms with Crippen molar-refractivity contribution in [2.45, 2.75) is 6.54 Å². The first-order valence-corrected chi connectivity index (χ1v) is 5.82. The molecule has 0 unspecified atom stereocenters. The van der Waals surface area contributed by atoms with Crippen molar-refractivity contribution >= 4 is 11.6 Å². The van der Waals surface area contributed by atoms with E-state index in [0.717, 1.165) is 11.3 Å². The maximum absolute atomic E-state index is 11.9. The van der Waals surface area contributed by atoms with Crippen LogP contribution in [0.4, 0.5) is 0 Å². The second kappa shape index (κ2) is 5.55. The van der Waals surface area contributed by atoms with E-state index >= 15 is 0 Å². The number of hydrogen-bond donors (Lipinski definition) is 0. The van der Waals surface area contributed by atoms with Crippen LogP contribution in [0.1, 0.15) is 11.3 Å². The minimum atomic E-state index is -0.456. The molecule has 2 rings (SSSR count). The van der Waals surface area contributed by atoms with E-state index in [9.17, 15) is 4.79 Å². The van der Waals surface area contributed by atoms with E-state index in [1.54, 1.807) is 25.3 Å². The third kappa shape index (κ3) is 2.92. The molecule has 0 amide bonds. The SMILES string of the molecule is COc1ccc(Cn2cc(Cl)nc(C#N)c2=O)cc1. The summed E-state index contributed by atoms with van der Waals surface area (Å²) in [7, 11) is 1.58. The Hall–Kier alpha value is -2.32. The van der Waals surface area contributed by atoms with E-state index in [-0.39, 0.29) is 10.8 Å². The van der Waals surface area contributed by atoms with Gasteiger partial charge in [-0.15, -0.1) is 0 Å². The molecule has 0 saturated carbocycles. The van der Waals surface area contributed by atoms with Gasteiger partial charge in [0.05, 0.1) is 13.7 Å². The molecule has 1 aromatic carbocycles. The van der Waals surface area contributed by atoms with Crippen molar-refractivity contribution in [3.63, 3.8) is 0 Å². The van der Waals surface area contributed by atoms with Crippen LogP contribution in [0, 0.1) is 11.3 Å². The molecular weight excluding hydrogens is 266 g/mol. The maximum Gasteiger partial charge on any atom is 0.287 e. The fourth-order valence-electron chi connectivity index (χ4n) is 1.62. The van der Waals surface area contributed by atoms with Crippen molar-refractivity contribution in [2.75, 3.05) is 7.11 Å². The highest BCUT2D eigenvalue weighted by Crippen LogP contribution is 2.12. The highest BCUT2D eigenvalue weighted by atomic mass is 35.5. The van der Waals surface area contributed by atoms with E-state index in [1.165, 1.54) is 10.8 Å². The Balaban J connectivity index is 2.35. The summed E-state index contributed by atoms with van der Waals surface area (Å²) in [5.41, 5.74) is 0.234. The van der Waals surface area contributed by atoms with Crippen molar-refractivity contribution in [1.82, 2.24) is 9.55 Å². The van der Waals surface area contributed by atoms with Crippen molar-refractivity contribution < 1.29 is 4.74 Å². The van der Waals surface area contributed by atoms with Crippen LogP contribution < -0.4 is 10.3 Å². The molecule has 0 radical (unpaired) electrons. The minimum absolute atomic E-state index is 0.115. The van der Waals surface area contributed by atoms with Crippen LogP contribution in [0.5, 0.6) is 5.75 Å². The average Bonchev–Trinajstić information content (AvgIpc) is 2.43. The normalized spacial score (nSPS) is 9.95. The number of methoxy groups -OCH3 is 1. The lowest BCUT2D eigenvalue weighted by Crippen LogP contribution is -2.24. The molecule has 5 nitrogen and oxygen atoms in total. The number of halogens is 1. The van der Waals surface area contributed by atoms with Gasteiger partial charge in [0, 0.05) is 6.20 Å². The molecule has 2 aromatic rings. The van der Waals surface area contributed by atoms with Crippen LogP contribution in [0.2, 0.25) is 5.15 Å². The largest absolute Gasteiger partial charge is 0.497 e. The van der Waals surface area contributed by atoms with E-state index in [0.29, 0.717) is 6.54 Å². The average molecular weight is 276 g/mol. The predicted octanol–water partition coefficient (Wildman–Crippen LogP) is 1.83. The number of rotatable bonds is 3. The molecule has 0 spiro atoms. The Kier molecular flexibility index (Phi) is 3.83. The monoisotopic (exact) mass is 275 g/mol. The highest BCUT2D eigenvalue weighted by Gasteiger charge is 2.07. The third-order valence-corrected chi connectivity index (χ3v) is 2.74. The Morgan fingerprint density at radius 2 is 2.11 bits per heavy atom. The summed E-state index contributed by atoms with van der Waals surface area (Å²) in [5.74, 6) is 0.738. The molecule has 0 aliphatic rings. The zero-order valence-electron chi connectivity index (χ0n) is 10.1. The van der Waals surface area contributed by atoms with Gasteiger partial charge in [0.25, 0.3) is 5.56 Å². The second-order valence-electron chi connectivity index (χ2n) is 3.81. The van der Waals surface area contributed by atoms with Crippen molar-refractivity contribution in [2.24, 2.45) is 0 Å². The Bertz CT molecular complexity index is 687. The van der Waals surface area contributed by atoms with Gasteiger partial charge in [-0.1, -0.05) is 23.7 Å². The molecule has 0 atom stereocenters. The molecule has 1 aromatic heterocycles. The van der Waals surface area contributed by atoms with Gasteiger partial charge >= 0.3 is 0 Å². The molecule has 0 fully saturated rings. The summed E-state index contributed by atoms with van der Waals surface area (Å²) in [5, 5.41) is 8.92. The predicted molar refractivity (Wildman–Crippen MR) is 70.3 cm³/mol. The molecule has 0 aliphatic heterocycles. The number of ether oxygens (including phenoxy) is 1. The summed E-state index contributed by atoms with van der Waals surface area (Å²) in [6, 6.07) is 9.01. The molecule has 0 N–H and O–H groups in total. The lowest BCUT2D eigenvalue weighted by molar-refractivity contribution is 0.414. The standard InChI is InChI=1S/C13H10ClN3O2/c1-19-10-4-2-9(3-5-10)7-17-8-12(14)16-11(6-15)13(17)18/h2-5,8H,7H2,1H3. The molecule has 0 bridgehead atoms. The van der Waals surface area contributed by atoms with E-state index < -0.39 is 5.56 Å². The number of benzene rings is 1. The molecule has 0 saturated heterocycles. The van der Waals surface area contributed by atoms with Crippen LogP contribution in [0.3, 0.4) is 0 Å². The minimum Gasteiger partial charge on any atom is -0.497 e. The van der Waals surface area contributed by atoms with Gasteiger partial charge in [-0.25, -0.2) is 4.98 Å². The zero-order valence-corrected chi connectivity index (χ0v) is 10.9. The first-order valence-electron chi connectivity index (χ1n) is 5.44. The zero-order chi connectivity index (χ0) is 13.8. The Morgan fingerprint density at radius 3 is 2.68 bits per heavy atom. The second-order valence-corrected chi connectivity index (χ2v) is 4.19. The third-order valence-electron chi connectivity index (χ3n) is 2.56. The number of nitrogens with zero attached hydrogens (tertiary/aromatic N) is 3. The van der Waals surface area contributed by atoms with E-state index in [2.05, 4.69) is 4.98 Å². The van der Waals surface area contributed by atoms with Gasteiger partial charge in [0.1, 0.15) is 17.0 Å². The van der Waals surface area contributed by atoms with E-state index in [4.69, 9.17) is 21.6 Å². The van der Waals surface area contributed by atoms with Crippen LogP contribution in [-0.4, -0.2) is 16.7 Å². The van der Waals surface area contributed by atoms with Gasteiger partial charge in [-0.2, -0.15) is 5.26 Å². The van der Waals surface area contributed by atoms with Crippen molar-refractivity contribution in [1.29, 1.82) is 5.26 Å². The number of hydrogen-bond acceptors (Lipinski definition) is 4. The lowest BCUT2D eigenvalue weighted by atomic mass is 10.2. The fourth-order valence-corrected chi connectivity index (χ4v) is 1.83. The van der Waals surface area contributed by atoms with Crippen LogP contribution in [0.25, 0.3) is 0 Å². The summed E-state index contributed by atoms with van der Waals surface area (Å²) in [4.78, 5) is 15.5. The van der Waals surface area contributed by atoms with Crippen molar-refractivity contribution in [3.8, 4) is 11.8 Å². The van der Waals surface area contributed by atoms with Gasteiger partial charge in [0.15, 0.2) is 0 Å². The smallest absolute Gasteiger partial charge is 0.287 e. The first kappa shape index (κ1) is 13.1. The molecular formula is C13H10ClN3O2. The molecule has 6 heteroatoms. The quantitative estimate of drug-likeness (QED) is 0.857. The maximum atomic E-state index is 11.9. The first-order chi connectivity index (χ1) is 9.13. The van der Waals surface area contributed by atoms with Crippen molar-refractivity contribution in [3.05, 3.63) is 57.2 Å². The van der Waals surface area contributed by atoms with Crippen LogP contribution in [0.15, 0.2) is 35.3 Å². The summed E-state index contributed by atoms with van der Waals surface area (Å²) >= 11 is 5.77. The molecule has 19 heavy (non-hydrogen) atoms. The molecule has 1 heterocycles. The molecule has 0 aliphatic carbocycles. The Labute approximate surface area is 114 Å². The molecule has 96 valence electrons. The van der Waals surface area contributed by atoms with Crippen LogP contribution >= 0.6 is 11.6 Å². The number of aromatic nitrogens is 2. The highest BCUT2D eigenvalue weighted by molar-refractivity contribution is 6.29. The fraction of sp³-hybridized carbons (Fsp3) is 0.154. The van der Waals surface area contributed by atoms with Gasteiger partial charge in [-0.3, -0.25) is 4.79 Å². The van der Waals surface area contributed by atoms with Gasteiger partial charge < -0.3 is 9.30 Å². The topological polar surface area (TPSA) is 67.9 Å². The van der Waals surface area contributed by atoms with Gasteiger partial charge in [-0.05, 0) is 17.7 Å². The lowest BCUT2D eigenvalue weighted by Gasteiger charge is -2.07. The summed E-state index contributed by atoms with van der Waals surface area (Å²) < 4.78 is 6.41. The van der Waals surface area contributed by atoms with E-state index in [1.807, 2.05) is 12.1 Å². The summed E-state index contributed by atoms with van der Waals surface area (Å²) in [6.45, 7) is 0.319. The summed E-state index contributed by atoms with van der Waals surface area (Å²) in [6.07, 6.45) is 1.41. The van der Waals surface area contributed by atoms with Crippen LogP contribution in [-0.2, 0) is 6.54 Å². The number of nitriles is 1.